The van der Waals surface area contributed by atoms with Gasteiger partial charge in [0.25, 0.3) is 0 Å². The minimum atomic E-state index is -0.369. The van der Waals surface area contributed by atoms with Crippen LogP contribution in [0.4, 0.5) is 0 Å². The topological polar surface area (TPSA) is 47.6 Å². The van der Waals surface area contributed by atoms with E-state index in [-0.39, 0.29) is 23.0 Å². The van der Waals surface area contributed by atoms with Crippen molar-refractivity contribution in [3.63, 3.8) is 0 Å². The summed E-state index contributed by atoms with van der Waals surface area (Å²) in [6.45, 7) is 6.23. The molecule has 1 spiro atoms. The maximum absolute atomic E-state index is 12.9. The minimum absolute atomic E-state index is 0.0342. The molecule has 2 fully saturated rings. The van der Waals surface area contributed by atoms with E-state index in [9.17, 15) is 4.79 Å². The molecule has 4 nitrogen and oxygen atoms in total. The summed E-state index contributed by atoms with van der Waals surface area (Å²) in [7, 11) is 0. The van der Waals surface area contributed by atoms with E-state index in [0.717, 1.165) is 37.7 Å². The van der Waals surface area contributed by atoms with Crippen LogP contribution in [0.5, 0.6) is 0 Å². The van der Waals surface area contributed by atoms with Gasteiger partial charge in [-0.25, -0.2) is 0 Å². The standard InChI is InChI=1S/C23H33Cl2NO3/c1-3-4-5-8-22(9-11-23(12-10-22)28-13-14-29-23)16-26-21(27)17(2)18-6-7-19(24)20(25)15-18/h6-7,15,17H,3-5,8-14,16H2,1-2H3,(H,26,27). The number of amides is 1. The summed E-state index contributed by atoms with van der Waals surface area (Å²) in [5.41, 5.74) is 1.01. The molecule has 1 saturated carbocycles. The normalized spacial score (nSPS) is 21.2. The van der Waals surface area contributed by atoms with E-state index in [1.54, 1.807) is 12.1 Å². The Morgan fingerprint density at radius 2 is 1.79 bits per heavy atom. The van der Waals surface area contributed by atoms with Crippen molar-refractivity contribution >= 4 is 29.1 Å². The van der Waals surface area contributed by atoms with Crippen LogP contribution in [0.25, 0.3) is 0 Å². The van der Waals surface area contributed by atoms with E-state index < -0.39 is 0 Å². The summed E-state index contributed by atoms with van der Waals surface area (Å²) in [6, 6.07) is 5.40. The van der Waals surface area contributed by atoms with Crippen molar-refractivity contribution in [2.24, 2.45) is 5.41 Å². The maximum atomic E-state index is 12.9. The lowest BCUT2D eigenvalue weighted by Gasteiger charge is -2.44. The molecular formula is C23H33Cl2NO3. The van der Waals surface area contributed by atoms with Gasteiger partial charge < -0.3 is 14.8 Å². The van der Waals surface area contributed by atoms with Crippen molar-refractivity contribution in [2.75, 3.05) is 19.8 Å². The number of ether oxygens (including phenoxy) is 2. The highest BCUT2D eigenvalue weighted by Gasteiger charge is 2.46. The number of benzene rings is 1. The van der Waals surface area contributed by atoms with E-state index in [2.05, 4.69) is 12.2 Å². The van der Waals surface area contributed by atoms with Gasteiger partial charge in [0.2, 0.25) is 5.91 Å². The molecule has 3 rings (SSSR count). The molecule has 1 saturated heterocycles. The number of hydrogen-bond acceptors (Lipinski definition) is 3. The number of carbonyl (C=O) groups excluding carboxylic acids is 1. The monoisotopic (exact) mass is 441 g/mol. The third kappa shape index (κ3) is 5.66. The Balaban J connectivity index is 1.61. The van der Waals surface area contributed by atoms with E-state index in [4.69, 9.17) is 32.7 Å². The molecule has 0 bridgehead atoms. The zero-order valence-corrected chi connectivity index (χ0v) is 19.1. The summed E-state index contributed by atoms with van der Waals surface area (Å²) in [5, 5.41) is 4.22. The molecule has 1 heterocycles. The zero-order valence-electron chi connectivity index (χ0n) is 17.6. The lowest BCUT2D eigenvalue weighted by Crippen LogP contribution is -2.46. The van der Waals surface area contributed by atoms with E-state index >= 15 is 0 Å². The first-order valence-electron chi connectivity index (χ1n) is 10.9. The SMILES string of the molecule is CCCCCC1(CNC(=O)C(C)c2ccc(Cl)c(Cl)c2)CCC2(CC1)OCCO2. The molecule has 1 aromatic carbocycles. The Kier molecular flexibility index (Phi) is 7.88. The highest BCUT2D eigenvalue weighted by atomic mass is 35.5. The summed E-state index contributed by atoms with van der Waals surface area (Å²) in [5.74, 6) is -0.605. The average molecular weight is 442 g/mol. The zero-order chi connectivity index (χ0) is 20.9. The number of unbranched alkanes of at least 4 members (excludes halogenated alkanes) is 2. The van der Waals surface area contributed by atoms with Gasteiger partial charge in [0.1, 0.15) is 0 Å². The first kappa shape index (κ1) is 22.9. The van der Waals surface area contributed by atoms with Gasteiger partial charge in [0.15, 0.2) is 5.79 Å². The van der Waals surface area contributed by atoms with Crippen LogP contribution in [0.15, 0.2) is 18.2 Å². The fraction of sp³-hybridized carbons (Fsp3) is 0.696. The van der Waals surface area contributed by atoms with E-state index in [1.807, 2.05) is 13.0 Å². The molecule has 1 atom stereocenters. The smallest absolute Gasteiger partial charge is 0.227 e. The lowest BCUT2D eigenvalue weighted by molar-refractivity contribution is -0.192. The summed E-state index contributed by atoms with van der Waals surface area (Å²) in [4.78, 5) is 12.9. The number of hydrogen-bond donors (Lipinski definition) is 1. The molecule has 6 heteroatoms. The van der Waals surface area contributed by atoms with Crippen LogP contribution in [-0.2, 0) is 14.3 Å². The summed E-state index contributed by atoms with van der Waals surface area (Å²) < 4.78 is 11.8. The first-order valence-corrected chi connectivity index (χ1v) is 11.6. The number of nitrogens with one attached hydrogen (secondary N) is 1. The molecule has 1 aromatic rings. The summed E-state index contributed by atoms with van der Waals surface area (Å²) in [6.07, 6.45) is 8.65. The fourth-order valence-electron chi connectivity index (χ4n) is 4.57. The van der Waals surface area contributed by atoms with Crippen molar-refractivity contribution in [1.82, 2.24) is 5.32 Å². The predicted octanol–water partition coefficient (Wildman–Crippen LogP) is 6.10. The molecule has 2 aliphatic rings. The van der Waals surface area contributed by atoms with Crippen LogP contribution < -0.4 is 5.32 Å². The Labute approximate surface area is 184 Å². The van der Waals surface area contributed by atoms with Crippen molar-refractivity contribution in [1.29, 1.82) is 0 Å². The largest absolute Gasteiger partial charge is 0.355 e. The second-order valence-electron chi connectivity index (χ2n) is 8.68. The van der Waals surface area contributed by atoms with Gasteiger partial charge in [-0.1, -0.05) is 55.5 Å². The third-order valence-corrected chi connectivity index (χ3v) is 7.41. The van der Waals surface area contributed by atoms with Gasteiger partial charge in [0.05, 0.1) is 29.2 Å². The molecule has 0 aromatic heterocycles. The molecule has 162 valence electrons. The van der Waals surface area contributed by atoms with Crippen molar-refractivity contribution < 1.29 is 14.3 Å². The second-order valence-corrected chi connectivity index (χ2v) is 9.49. The van der Waals surface area contributed by atoms with Crippen LogP contribution in [-0.4, -0.2) is 31.5 Å². The van der Waals surface area contributed by atoms with Crippen LogP contribution >= 0.6 is 23.2 Å². The van der Waals surface area contributed by atoms with Gasteiger partial charge in [-0.15, -0.1) is 0 Å². The van der Waals surface area contributed by atoms with Crippen LogP contribution in [0.1, 0.15) is 76.7 Å². The van der Waals surface area contributed by atoms with Crippen LogP contribution in [0, 0.1) is 5.41 Å². The fourth-order valence-corrected chi connectivity index (χ4v) is 4.88. The van der Waals surface area contributed by atoms with E-state index in [1.165, 1.54) is 19.3 Å². The first-order chi connectivity index (χ1) is 13.9. The van der Waals surface area contributed by atoms with Crippen molar-refractivity contribution in [3.05, 3.63) is 33.8 Å². The Morgan fingerprint density at radius 3 is 2.41 bits per heavy atom. The molecule has 1 aliphatic heterocycles. The Hall–Kier alpha value is -0.810. The number of halogens is 2. The van der Waals surface area contributed by atoms with Crippen molar-refractivity contribution in [3.8, 4) is 0 Å². The molecule has 0 radical (unpaired) electrons. The summed E-state index contributed by atoms with van der Waals surface area (Å²) >= 11 is 12.1. The highest BCUT2D eigenvalue weighted by Crippen LogP contribution is 2.47. The minimum Gasteiger partial charge on any atom is -0.355 e. The Bertz CT molecular complexity index is 693. The van der Waals surface area contributed by atoms with Gasteiger partial charge in [-0.3, -0.25) is 4.79 Å². The van der Waals surface area contributed by atoms with Gasteiger partial charge in [-0.05, 0) is 49.3 Å². The van der Waals surface area contributed by atoms with Gasteiger partial charge in [0, 0.05) is 19.4 Å². The third-order valence-electron chi connectivity index (χ3n) is 6.67. The van der Waals surface area contributed by atoms with Crippen LogP contribution in [0.3, 0.4) is 0 Å². The molecule has 1 unspecified atom stereocenters. The van der Waals surface area contributed by atoms with Crippen molar-refractivity contribution in [2.45, 2.75) is 76.9 Å². The molecule has 1 aliphatic carbocycles. The van der Waals surface area contributed by atoms with Crippen LogP contribution in [0.2, 0.25) is 10.0 Å². The lowest BCUT2D eigenvalue weighted by atomic mass is 9.69. The van der Waals surface area contributed by atoms with Gasteiger partial charge >= 0.3 is 0 Å². The predicted molar refractivity (Wildman–Crippen MR) is 118 cm³/mol. The molecule has 1 amide bonds. The van der Waals surface area contributed by atoms with Gasteiger partial charge in [-0.2, -0.15) is 0 Å². The quantitative estimate of drug-likeness (QED) is 0.495. The molecular weight excluding hydrogens is 409 g/mol. The second kappa shape index (κ2) is 10.00. The Morgan fingerprint density at radius 1 is 1.10 bits per heavy atom. The average Bonchev–Trinajstić information content (AvgIpc) is 3.18. The highest BCUT2D eigenvalue weighted by molar-refractivity contribution is 6.42. The van der Waals surface area contributed by atoms with E-state index in [0.29, 0.717) is 29.8 Å². The molecule has 29 heavy (non-hydrogen) atoms. The maximum Gasteiger partial charge on any atom is 0.227 e. The number of carbonyl (C=O) groups is 1. The molecule has 1 N–H and O–H groups in total. The number of rotatable bonds is 8.